The van der Waals surface area contributed by atoms with Crippen LogP contribution in [0.5, 0.6) is 0 Å². The molecule has 0 aliphatic heterocycles. The Hall–Kier alpha value is -1.09. The van der Waals surface area contributed by atoms with E-state index in [0.29, 0.717) is 17.7 Å². The molecule has 0 heterocycles. The molecule has 15 heavy (non-hydrogen) atoms. The molecule has 0 unspecified atom stereocenters. The quantitative estimate of drug-likeness (QED) is 0.623. The largest absolute Gasteiger partial charge is 0.462 e. The van der Waals surface area contributed by atoms with E-state index in [9.17, 15) is 4.79 Å². The van der Waals surface area contributed by atoms with Gasteiger partial charge in [-0.1, -0.05) is 0 Å². The summed E-state index contributed by atoms with van der Waals surface area (Å²) in [5.74, 6) is -0.426. The van der Waals surface area contributed by atoms with Gasteiger partial charge in [0.05, 0.1) is 17.7 Å². The van der Waals surface area contributed by atoms with Crippen molar-refractivity contribution in [2.45, 2.75) is 13.8 Å². The first-order chi connectivity index (χ1) is 7.11. The molecule has 0 saturated carbocycles. The number of hydrogen-bond donors (Lipinski definition) is 0. The SMILES string of the molecule is CCOC(=O)c1c(C#N)ccc(I)c1C. The summed E-state index contributed by atoms with van der Waals surface area (Å²) in [5, 5.41) is 8.89. The van der Waals surface area contributed by atoms with Crippen LogP contribution < -0.4 is 0 Å². The molecule has 0 saturated heterocycles. The van der Waals surface area contributed by atoms with Crippen LogP contribution in [0.4, 0.5) is 0 Å². The molecule has 0 aliphatic rings. The summed E-state index contributed by atoms with van der Waals surface area (Å²) in [6.45, 7) is 3.87. The molecule has 0 N–H and O–H groups in total. The number of benzene rings is 1. The average molecular weight is 315 g/mol. The number of carbonyl (C=O) groups is 1. The molecule has 1 aromatic rings. The van der Waals surface area contributed by atoms with Crippen molar-refractivity contribution in [3.8, 4) is 6.07 Å². The molecule has 1 rings (SSSR count). The first kappa shape index (κ1) is 12.0. The molecule has 0 atom stereocenters. The molecule has 4 heteroatoms. The highest BCUT2D eigenvalue weighted by Crippen LogP contribution is 2.20. The summed E-state index contributed by atoms with van der Waals surface area (Å²) in [6.07, 6.45) is 0. The number of halogens is 1. The molecule has 78 valence electrons. The predicted octanol–water partition coefficient (Wildman–Crippen LogP) is 2.65. The first-order valence-electron chi connectivity index (χ1n) is 4.48. The normalized spacial score (nSPS) is 9.47. The summed E-state index contributed by atoms with van der Waals surface area (Å²) in [4.78, 5) is 11.6. The highest BCUT2D eigenvalue weighted by Gasteiger charge is 2.17. The van der Waals surface area contributed by atoms with Crippen LogP contribution in [0, 0.1) is 21.8 Å². The number of nitriles is 1. The maximum Gasteiger partial charge on any atom is 0.339 e. The first-order valence-corrected chi connectivity index (χ1v) is 5.56. The van der Waals surface area contributed by atoms with Gasteiger partial charge < -0.3 is 4.74 Å². The molecule has 0 fully saturated rings. The molecule has 1 aromatic carbocycles. The van der Waals surface area contributed by atoms with Crippen LogP contribution in [0.1, 0.15) is 28.4 Å². The van der Waals surface area contributed by atoms with Crippen molar-refractivity contribution in [2.24, 2.45) is 0 Å². The van der Waals surface area contributed by atoms with Crippen LogP contribution in [0.25, 0.3) is 0 Å². The second-order valence-electron chi connectivity index (χ2n) is 2.93. The second kappa shape index (κ2) is 5.12. The Labute approximate surface area is 102 Å². The number of nitrogens with zero attached hydrogens (tertiary/aromatic N) is 1. The fourth-order valence-electron chi connectivity index (χ4n) is 1.25. The minimum Gasteiger partial charge on any atom is -0.462 e. The van der Waals surface area contributed by atoms with E-state index < -0.39 is 5.97 Å². The van der Waals surface area contributed by atoms with E-state index in [2.05, 4.69) is 22.6 Å². The maximum absolute atomic E-state index is 11.6. The minimum atomic E-state index is -0.426. The fourth-order valence-corrected chi connectivity index (χ4v) is 1.70. The highest BCUT2D eigenvalue weighted by molar-refractivity contribution is 14.1. The monoisotopic (exact) mass is 315 g/mol. The molecular weight excluding hydrogens is 305 g/mol. The van der Waals surface area contributed by atoms with Gasteiger partial charge in [-0.2, -0.15) is 5.26 Å². The molecule has 0 amide bonds. The number of hydrogen-bond acceptors (Lipinski definition) is 3. The third kappa shape index (κ3) is 2.48. The molecular formula is C11H10INO2. The molecule has 0 bridgehead atoms. The van der Waals surface area contributed by atoms with Crippen molar-refractivity contribution in [1.29, 1.82) is 5.26 Å². The summed E-state index contributed by atoms with van der Waals surface area (Å²) < 4.78 is 5.87. The molecule has 0 aliphatic carbocycles. The average Bonchev–Trinajstić information content (AvgIpc) is 2.22. The smallest absolute Gasteiger partial charge is 0.339 e. The molecule has 0 radical (unpaired) electrons. The minimum absolute atomic E-state index is 0.314. The zero-order valence-electron chi connectivity index (χ0n) is 8.50. The van der Waals surface area contributed by atoms with Gasteiger partial charge in [-0.05, 0) is 54.1 Å². The lowest BCUT2D eigenvalue weighted by Gasteiger charge is -2.08. The number of ether oxygens (including phenoxy) is 1. The lowest BCUT2D eigenvalue weighted by molar-refractivity contribution is 0.0525. The number of esters is 1. The van der Waals surface area contributed by atoms with Crippen LogP contribution >= 0.6 is 22.6 Å². The highest BCUT2D eigenvalue weighted by atomic mass is 127. The van der Waals surface area contributed by atoms with E-state index in [1.54, 1.807) is 13.0 Å². The van der Waals surface area contributed by atoms with E-state index in [-0.39, 0.29) is 0 Å². The van der Waals surface area contributed by atoms with Crippen molar-refractivity contribution in [1.82, 2.24) is 0 Å². The van der Waals surface area contributed by atoms with Crippen molar-refractivity contribution in [3.63, 3.8) is 0 Å². The summed E-state index contributed by atoms with van der Waals surface area (Å²) in [6, 6.07) is 5.46. The van der Waals surface area contributed by atoms with Crippen LogP contribution in [-0.4, -0.2) is 12.6 Å². The Morgan fingerprint density at radius 2 is 2.27 bits per heavy atom. The molecule has 0 aromatic heterocycles. The summed E-state index contributed by atoms with van der Waals surface area (Å²) in [5.41, 5.74) is 1.55. The second-order valence-corrected chi connectivity index (χ2v) is 4.09. The standard InChI is InChI=1S/C11H10INO2/c1-3-15-11(14)10-7(2)9(12)5-4-8(10)6-13/h4-5H,3H2,1-2H3. The van der Waals surface area contributed by atoms with E-state index in [1.807, 2.05) is 19.1 Å². The number of carbonyl (C=O) groups excluding carboxylic acids is 1. The fraction of sp³-hybridized carbons (Fsp3) is 0.273. The van der Waals surface area contributed by atoms with Gasteiger partial charge in [0.1, 0.15) is 6.07 Å². The van der Waals surface area contributed by atoms with Gasteiger partial charge in [0.2, 0.25) is 0 Å². The van der Waals surface area contributed by atoms with E-state index in [0.717, 1.165) is 9.13 Å². The Morgan fingerprint density at radius 3 is 2.80 bits per heavy atom. The van der Waals surface area contributed by atoms with Crippen LogP contribution in [0.15, 0.2) is 12.1 Å². The summed E-state index contributed by atoms with van der Waals surface area (Å²) in [7, 11) is 0. The predicted molar refractivity (Wildman–Crippen MR) is 64.6 cm³/mol. The van der Waals surface area contributed by atoms with Crippen molar-refractivity contribution < 1.29 is 9.53 Å². The van der Waals surface area contributed by atoms with Crippen molar-refractivity contribution in [3.05, 3.63) is 32.4 Å². The molecule has 3 nitrogen and oxygen atoms in total. The van der Waals surface area contributed by atoms with Crippen molar-refractivity contribution >= 4 is 28.6 Å². The maximum atomic E-state index is 11.6. The van der Waals surface area contributed by atoms with Crippen LogP contribution in [0.2, 0.25) is 0 Å². The zero-order chi connectivity index (χ0) is 11.4. The zero-order valence-corrected chi connectivity index (χ0v) is 10.7. The van der Waals surface area contributed by atoms with Crippen molar-refractivity contribution in [2.75, 3.05) is 6.61 Å². The van der Waals surface area contributed by atoms with Gasteiger partial charge in [0, 0.05) is 3.57 Å². The van der Waals surface area contributed by atoms with Gasteiger partial charge in [0.25, 0.3) is 0 Å². The lowest BCUT2D eigenvalue weighted by atomic mass is 10.0. The molecule has 0 spiro atoms. The Balaban J connectivity index is 3.31. The number of rotatable bonds is 2. The van der Waals surface area contributed by atoms with Gasteiger partial charge in [-0.25, -0.2) is 4.79 Å². The Kier molecular flexibility index (Phi) is 4.09. The van der Waals surface area contributed by atoms with Gasteiger partial charge in [-0.15, -0.1) is 0 Å². The third-order valence-corrected chi connectivity index (χ3v) is 3.17. The third-order valence-electron chi connectivity index (χ3n) is 2.00. The topological polar surface area (TPSA) is 50.1 Å². The van der Waals surface area contributed by atoms with Gasteiger partial charge in [0.15, 0.2) is 0 Å². The van der Waals surface area contributed by atoms with Crippen LogP contribution in [-0.2, 0) is 4.74 Å². The Morgan fingerprint density at radius 1 is 1.60 bits per heavy atom. The van der Waals surface area contributed by atoms with E-state index in [1.165, 1.54) is 0 Å². The van der Waals surface area contributed by atoms with Gasteiger partial charge >= 0.3 is 5.97 Å². The van der Waals surface area contributed by atoms with Crippen LogP contribution in [0.3, 0.4) is 0 Å². The lowest BCUT2D eigenvalue weighted by Crippen LogP contribution is -2.10. The van der Waals surface area contributed by atoms with Gasteiger partial charge in [-0.3, -0.25) is 0 Å². The van der Waals surface area contributed by atoms with E-state index in [4.69, 9.17) is 10.00 Å². The summed E-state index contributed by atoms with van der Waals surface area (Å²) >= 11 is 2.13. The Bertz CT molecular complexity index is 435. The van der Waals surface area contributed by atoms with E-state index >= 15 is 0 Å².